The predicted octanol–water partition coefficient (Wildman–Crippen LogP) is 5.27. The number of nitrogens with two attached hydrogens (primary N) is 1. The lowest BCUT2D eigenvalue weighted by atomic mass is 9.94. The molecule has 0 spiro atoms. The Balaban J connectivity index is 1.83. The van der Waals surface area contributed by atoms with Gasteiger partial charge in [0.2, 0.25) is 5.91 Å². The molecule has 248 valence electrons. The molecule has 2 amide bonds. The topological polar surface area (TPSA) is 132 Å². The molecule has 0 radical (unpaired) electrons. The molecule has 1 fully saturated rings. The molecule has 3 aromatic carbocycles. The van der Waals surface area contributed by atoms with Crippen molar-refractivity contribution in [2.45, 2.75) is 38.8 Å². The van der Waals surface area contributed by atoms with Gasteiger partial charge in [0, 0.05) is 36.7 Å². The number of hydrazine groups is 1. The number of nitroso groups, excluding NO2 is 1. The Labute approximate surface area is 278 Å². The highest BCUT2D eigenvalue weighted by atomic mass is 35.5. The van der Waals surface area contributed by atoms with Crippen molar-refractivity contribution in [1.82, 2.24) is 9.47 Å². The highest BCUT2D eigenvalue weighted by molar-refractivity contribution is 6.35. The van der Waals surface area contributed by atoms with E-state index in [0.29, 0.717) is 5.56 Å². The number of carbonyl (C=O) groups excluding carboxylic acids is 2. The van der Waals surface area contributed by atoms with Crippen LogP contribution in [0, 0.1) is 16.5 Å². The average molecular weight is 678 g/mol. The van der Waals surface area contributed by atoms with Crippen LogP contribution in [-0.2, 0) is 9.59 Å². The molecule has 0 aliphatic carbocycles. The number of benzene rings is 3. The summed E-state index contributed by atoms with van der Waals surface area (Å²) < 4.78 is 33.7. The number of phenolic OH excluding ortho intramolecular Hbond substituents is 1. The van der Waals surface area contributed by atoms with Gasteiger partial charge in [-0.2, -0.15) is 5.84 Å². The number of fused-ring (bicyclic) bond motifs is 5. The summed E-state index contributed by atoms with van der Waals surface area (Å²) in [6.45, 7) is 8.98. The van der Waals surface area contributed by atoms with Crippen LogP contribution in [0.1, 0.15) is 32.3 Å². The van der Waals surface area contributed by atoms with Gasteiger partial charge in [0.15, 0.2) is 10.7 Å². The summed E-state index contributed by atoms with van der Waals surface area (Å²) in [4.78, 5) is 58.7. The fraction of sp³-hybridized carbons (Fsp3) is 0.265. The summed E-state index contributed by atoms with van der Waals surface area (Å²) >= 11 is 6.74. The van der Waals surface area contributed by atoms with Crippen molar-refractivity contribution >= 4 is 51.4 Å². The number of para-hydroxylation sites is 1. The zero-order chi connectivity index (χ0) is 34.9. The minimum Gasteiger partial charge on any atom is -0.507 e. The molecule has 0 saturated carbocycles. The number of hydrogen-bond donors (Lipinski definition) is 2. The zero-order valence-corrected chi connectivity index (χ0v) is 27.3. The second kappa shape index (κ2) is 11.7. The third-order valence-corrected chi connectivity index (χ3v) is 9.40. The SMILES string of the molecule is C=CC(=O)N1CC2C(=O)N(C)c3c(c4cc(Cl)c(-c5c(O)cccc5F)c(F)c4n(-c4c(C(C)C)cccc4[N+](N)=O)c3=O)N2CC1C. The molecule has 1 saturated heterocycles. The van der Waals surface area contributed by atoms with Crippen molar-refractivity contribution in [3.05, 3.63) is 92.6 Å². The van der Waals surface area contributed by atoms with Crippen LogP contribution in [0.2, 0.25) is 5.02 Å². The van der Waals surface area contributed by atoms with E-state index in [-0.39, 0.29) is 62.9 Å². The molecule has 14 heteroatoms. The van der Waals surface area contributed by atoms with Crippen LogP contribution in [0.15, 0.2) is 59.9 Å². The van der Waals surface area contributed by atoms with Crippen molar-refractivity contribution in [1.29, 1.82) is 0 Å². The van der Waals surface area contributed by atoms with Gasteiger partial charge in [0.25, 0.3) is 11.5 Å². The minimum absolute atomic E-state index is 0.0464. The highest BCUT2D eigenvalue weighted by Crippen LogP contribution is 2.48. The van der Waals surface area contributed by atoms with Crippen molar-refractivity contribution in [2.75, 3.05) is 29.9 Å². The first kappa shape index (κ1) is 32.6. The Hall–Kier alpha value is -5.30. The molecule has 6 rings (SSSR count). The van der Waals surface area contributed by atoms with Gasteiger partial charge in [0.1, 0.15) is 29.0 Å². The molecule has 2 aliphatic heterocycles. The Bertz CT molecular complexity index is 2130. The van der Waals surface area contributed by atoms with E-state index in [0.717, 1.165) is 21.6 Å². The van der Waals surface area contributed by atoms with E-state index in [4.69, 9.17) is 17.4 Å². The molecule has 48 heavy (non-hydrogen) atoms. The molecule has 4 aromatic rings. The smallest absolute Gasteiger partial charge is 0.315 e. The Morgan fingerprint density at radius 1 is 1.10 bits per heavy atom. The molecular weight excluding hydrogens is 646 g/mol. The number of phenols is 1. The van der Waals surface area contributed by atoms with Gasteiger partial charge in [0.05, 0.1) is 33.2 Å². The van der Waals surface area contributed by atoms with Gasteiger partial charge >= 0.3 is 5.69 Å². The van der Waals surface area contributed by atoms with Gasteiger partial charge in [-0.1, -0.05) is 50.2 Å². The molecule has 2 aliphatic rings. The second-order valence-corrected chi connectivity index (χ2v) is 12.6. The average Bonchev–Trinajstić information content (AvgIpc) is 3.03. The van der Waals surface area contributed by atoms with Crippen molar-refractivity contribution in [2.24, 2.45) is 5.84 Å². The maximum Gasteiger partial charge on any atom is 0.315 e. The lowest BCUT2D eigenvalue weighted by Gasteiger charge is -2.50. The maximum atomic E-state index is 17.4. The number of aromatic nitrogens is 1. The number of hydrogen-bond acceptors (Lipinski definition) is 6. The molecule has 3 N–H and O–H groups in total. The summed E-state index contributed by atoms with van der Waals surface area (Å²) in [5.74, 6) is 1.80. The van der Waals surface area contributed by atoms with Crippen LogP contribution in [0.25, 0.3) is 27.7 Å². The number of amides is 2. The Morgan fingerprint density at radius 3 is 2.42 bits per heavy atom. The summed E-state index contributed by atoms with van der Waals surface area (Å²) in [6, 6.07) is 7.97. The molecule has 2 atom stereocenters. The van der Waals surface area contributed by atoms with Gasteiger partial charge in [-0.3, -0.25) is 19.0 Å². The van der Waals surface area contributed by atoms with Crippen LogP contribution < -0.4 is 21.2 Å². The number of pyridine rings is 1. The van der Waals surface area contributed by atoms with Crippen LogP contribution >= 0.6 is 11.6 Å². The summed E-state index contributed by atoms with van der Waals surface area (Å²) in [6.07, 6.45) is 1.15. The number of rotatable bonds is 5. The number of likely N-dealkylation sites (N-methyl/N-ethyl adjacent to an activating group) is 1. The Morgan fingerprint density at radius 2 is 1.79 bits per heavy atom. The van der Waals surface area contributed by atoms with Crippen molar-refractivity contribution in [3.8, 4) is 22.6 Å². The third-order valence-electron chi connectivity index (χ3n) is 9.11. The molecule has 2 unspecified atom stereocenters. The van der Waals surface area contributed by atoms with Gasteiger partial charge < -0.3 is 19.8 Å². The molecule has 11 nitrogen and oxygen atoms in total. The van der Waals surface area contributed by atoms with Crippen LogP contribution in [0.5, 0.6) is 5.75 Å². The number of piperazine rings is 1. The Kier molecular flexibility index (Phi) is 7.98. The molecule has 3 heterocycles. The number of nitrogens with zero attached hydrogens (tertiary/aromatic N) is 5. The normalized spacial score (nSPS) is 17.5. The largest absolute Gasteiger partial charge is 0.507 e. The van der Waals surface area contributed by atoms with Crippen molar-refractivity contribution in [3.63, 3.8) is 0 Å². The van der Waals surface area contributed by atoms with Crippen molar-refractivity contribution < 1.29 is 28.3 Å². The highest BCUT2D eigenvalue weighted by Gasteiger charge is 2.46. The molecule has 0 bridgehead atoms. The summed E-state index contributed by atoms with van der Waals surface area (Å²) in [7, 11) is 1.40. The van der Waals surface area contributed by atoms with Gasteiger partial charge in [-0.25, -0.2) is 8.78 Å². The van der Waals surface area contributed by atoms with E-state index in [1.807, 2.05) is 13.8 Å². The van der Waals surface area contributed by atoms with Gasteiger partial charge in [-0.15, -0.1) is 0 Å². The second-order valence-electron chi connectivity index (χ2n) is 12.2. The number of aromatic hydroxyl groups is 1. The van der Waals surface area contributed by atoms with Crippen LogP contribution in [0.4, 0.5) is 25.8 Å². The third kappa shape index (κ3) is 4.71. The lowest BCUT2D eigenvalue weighted by molar-refractivity contribution is -0.474. The first-order valence-corrected chi connectivity index (χ1v) is 15.5. The van der Waals surface area contributed by atoms with Crippen LogP contribution in [0.3, 0.4) is 0 Å². The fourth-order valence-electron chi connectivity index (χ4n) is 6.87. The fourth-order valence-corrected chi connectivity index (χ4v) is 7.15. The van der Waals surface area contributed by atoms with Crippen LogP contribution in [-0.4, -0.2) is 63.5 Å². The van der Waals surface area contributed by atoms with E-state index in [2.05, 4.69) is 6.58 Å². The standard InChI is InChI=1S/C34H31ClF2N6O5/c1-6-25(45)40-15-23-33(46)39(5)32-31(41(23)14-17(40)4)19-13-20(35)26(27-21(36)10-8-12-24(27)44)28(37)30(19)42(34(32)47)29-18(16(2)3)9-7-11-22(29)43(38)48/h6-13,16-17,23H,1,14-15H2,2-5H3,(H2-,38,44,47,48)/p+1. The number of anilines is 2. The first-order chi connectivity index (χ1) is 22.7. The van der Waals surface area contributed by atoms with E-state index in [1.54, 1.807) is 24.0 Å². The van der Waals surface area contributed by atoms with E-state index >= 15 is 8.78 Å². The maximum absolute atomic E-state index is 17.4. The summed E-state index contributed by atoms with van der Waals surface area (Å²) in [5.41, 5.74) is -2.06. The zero-order valence-electron chi connectivity index (χ0n) is 26.5. The molecular formula is C34H32ClF2N6O5+. The first-order valence-electron chi connectivity index (χ1n) is 15.1. The minimum atomic E-state index is -1.17. The van der Waals surface area contributed by atoms with E-state index in [1.165, 1.54) is 36.2 Å². The van der Waals surface area contributed by atoms with E-state index < -0.39 is 57.6 Å². The lowest BCUT2D eigenvalue weighted by Crippen LogP contribution is -2.66. The predicted molar refractivity (Wildman–Crippen MR) is 179 cm³/mol. The van der Waals surface area contributed by atoms with Gasteiger partial charge in [-0.05, 0) is 42.7 Å². The van der Waals surface area contributed by atoms with E-state index in [9.17, 15) is 24.4 Å². The number of halogens is 3. The monoisotopic (exact) mass is 677 g/mol. The molecule has 1 aromatic heterocycles. The summed E-state index contributed by atoms with van der Waals surface area (Å²) in [5, 5.41) is 10.4. The number of carbonyl (C=O) groups is 2. The quantitative estimate of drug-likeness (QED) is 0.127.